The van der Waals surface area contributed by atoms with Crippen molar-refractivity contribution in [3.05, 3.63) is 23.8 Å². The van der Waals surface area contributed by atoms with Crippen molar-refractivity contribution >= 4 is 23.4 Å². The van der Waals surface area contributed by atoms with E-state index in [0.717, 1.165) is 0 Å². The molecule has 0 heterocycles. The van der Waals surface area contributed by atoms with E-state index in [2.05, 4.69) is 5.32 Å². The Morgan fingerprint density at radius 1 is 1.56 bits per heavy atom. The maximum atomic E-state index is 12.0. The van der Waals surface area contributed by atoms with Crippen LogP contribution in [0.25, 0.3) is 0 Å². The van der Waals surface area contributed by atoms with Crippen molar-refractivity contribution in [2.24, 2.45) is 0 Å². The Balaban J connectivity index is 2.79. The van der Waals surface area contributed by atoms with E-state index in [-0.39, 0.29) is 35.1 Å². The van der Waals surface area contributed by atoms with Gasteiger partial charge in [-0.05, 0) is 31.4 Å². The fourth-order valence-electron chi connectivity index (χ4n) is 1.56. The van der Waals surface area contributed by atoms with Crippen molar-refractivity contribution in [3.63, 3.8) is 0 Å². The normalized spacial score (nSPS) is 13.9. The van der Waals surface area contributed by atoms with Gasteiger partial charge in [0.25, 0.3) is 5.91 Å². The molecule has 6 heteroatoms. The van der Waals surface area contributed by atoms with Crippen LogP contribution in [0.4, 0.5) is 5.69 Å². The lowest BCUT2D eigenvalue weighted by atomic mass is 10.1. The van der Waals surface area contributed by atoms with Crippen molar-refractivity contribution in [2.45, 2.75) is 18.2 Å². The Kier molecular flexibility index (Phi) is 5.30. The van der Waals surface area contributed by atoms with Crippen molar-refractivity contribution in [1.29, 1.82) is 0 Å². The molecule has 2 atom stereocenters. The van der Waals surface area contributed by atoms with Crippen LogP contribution in [0.3, 0.4) is 0 Å². The minimum atomic E-state index is -0.358. The summed E-state index contributed by atoms with van der Waals surface area (Å²) in [6.07, 6.45) is 1.87. The van der Waals surface area contributed by atoms with Crippen LogP contribution in [0.2, 0.25) is 0 Å². The number of carbonyl (C=O) groups excluding carboxylic acids is 1. The molecule has 1 aromatic carbocycles. The second-order valence-electron chi connectivity index (χ2n) is 3.99. The van der Waals surface area contributed by atoms with E-state index in [9.17, 15) is 9.90 Å². The second kappa shape index (κ2) is 6.51. The number of phenols is 1. The molecule has 0 aliphatic carbocycles. The molecule has 1 amide bonds. The van der Waals surface area contributed by atoms with Gasteiger partial charge in [0.2, 0.25) is 0 Å². The fraction of sp³-hybridized carbons (Fsp3) is 0.417. The summed E-state index contributed by atoms with van der Waals surface area (Å²) in [5.74, 6) is -0.367. The summed E-state index contributed by atoms with van der Waals surface area (Å²) in [6, 6.07) is 4.03. The number of hydrogen-bond donors (Lipinski definition) is 4. The van der Waals surface area contributed by atoms with E-state index in [4.69, 9.17) is 10.8 Å². The van der Waals surface area contributed by atoms with Gasteiger partial charge in [0.15, 0.2) is 0 Å². The van der Waals surface area contributed by atoms with Crippen molar-refractivity contribution in [2.75, 3.05) is 18.6 Å². The topological polar surface area (TPSA) is 95.6 Å². The van der Waals surface area contributed by atoms with Crippen LogP contribution in [0, 0.1) is 0 Å². The van der Waals surface area contributed by atoms with E-state index in [0.29, 0.717) is 5.69 Å². The standard InChI is InChI=1S/C12H18N2O3S/c1-7(11(6-15)18-2)14-12(17)9-5-8(16)3-4-10(9)13/h3-5,7,11,15-16H,6,13H2,1-2H3,(H,14,17). The zero-order valence-corrected chi connectivity index (χ0v) is 11.2. The van der Waals surface area contributed by atoms with Gasteiger partial charge in [-0.3, -0.25) is 4.79 Å². The number of nitrogens with one attached hydrogen (secondary N) is 1. The average molecular weight is 270 g/mol. The highest BCUT2D eigenvalue weighted by Gasteiger charge is 2.19. The molecule has 0 saturated heterocycles. The highest BCUT2D eigenvalue weighted by atomic mass is 32.2. The first kappa shape index (κ1) is 14.7. The smallest absolute Gasteiger partial charge is 0.253 e. The number of aromatic hydroxyl groups is 1. The van der Waals surface area contributed by atoms with Gasteiger partial charge >= 0.3 is 0 Å². The number of rotatable bonds is 5. The molecule has 1 aromatic rings. The first-order valence-corrected chi connectivity index (χ1v) is 6.81. The maximum absolute atomic E-state index is 12.0. The van der Waals surface area contributed by atoms with Crippen LogP contribution in [0.15, 0.2) is 18.2 Å². The summed E-state index contributed by atoms with van der Waals surface area (Å²) in [4.78, 5) is 12.0. The molecule has 0 aliphatic heterocycles. The summed E-state index contributed by atoms with van der Waals surface area (Å²) in [5.41, 5.74) is 6.22. The molecule has 1 rings (SSSR count). The number of benzene rings is 1. The number of anilines is 1. The number of nitrogen functional groups attached to an aromatic ring is 1. The number of amides is 1. The summed E-state index contributed by atoms with van der Waals surface area (Å²) in [6.45, 7) is 1.80. The van der Waals surface area contributed by atoms with E-state index in [1.54, 1.807) is 0 Å². The first-order chi connectivity index (χ1) is 8.49. The summed E-state index contributed by atoms with van der Waals surface area (Å²) >= 11 is 1.48. The number of thioether (sulfide) groups is 1. The summed E-state index contributed by atoms with van der Waals surface area (Å²) in [7, 11) is 0. The van der Waals surface area contributed by atoms with Gasteiger partial charge in [0.05, 0.1) is 12.2 Å². The molecule has 0 radical (unpaired) electrons. The zero-order chi connectivity index (χ0) is 13.7. The quantitative estimate of drug-likeness (QED) is 0.469. The van der Waals surface area contributed by atoms with Gasteiger partial charge in [-0.1, -0.05) is 0 Å². The molecular weight excluding hydrogens is 252 g/mol. The Bertz CT molecular complexity index is 422. The Morgan fingerprint density at radius 3 is 2.78 bits per heavy atom. The summed E-state index contributed by atoms with van der Waals surface area (Å²) < 4.78 is 0. The van der Waals surface area contributed by atoms with Gasteiger partial charge in [0, 0.05) is 17.0 Å². The fourth-order valence-corrected chi connectivity index (χ4v) is 2.18. The number of aliphatic hydroxyl groups is 1. The molecule has 2 unspecified atom stereocenters. The van der Waals surface area contributed by atoms with Crippen LogP contribution >= 0.6 is 11.8 Å². The van der Waals surface area contributed by atoms with Crippen LogP contribution < -0.4 is 11.1 Å². The third-order valence-electron chi connectivity index (χ3n) is 2.68. The highest BCUT2D eigenvalue weighted by Crippen LogP contribution is 2.19. The molecule has 5 nitrogen and oxygen atoms in total. The molecule has 0 aromatic heterocycles. The Hall–Kier alpha value is -1.40. The number of phenolic OH excluding ortho intramolecular Hbond substituents is 1. The lowest BCUT2D eigenvalue weighted by molar-refractivity contribution is 0.0936. The van der Waals surface area contributed by atoms with Crippen LogP contribution in [-0.2, 0) is 0 Å². The number of carbonyl (C=O) groups is 1. The Morgan fingerprint density at radius 2 is 2.22 bits per heavy atom. The SMILES string of the molecule is CSC(CO)C(C)NC(=O)c1cc(O)ccc1N. The lowest BCUT2D eigenvalue weighted by Crippen LogP contribution is -2.41. The zero-order valence-electron chi connectivity index (χ0n) is 10.4. The predicted molar refractivity (Wildman–Crippen MR) is 73.8 cm³/mol. The molecule has 0 aliphatic rings. The van der Waals surface area contributed by atoms with Crippen molar-refractivity contribution in [3.8, 4) is 5.75 Å². The summed E-state index contributed by atoms with van der Waals surface area (Å²) in [5, 5.41) is 21.2. The van der Waals surface area contributed by atoms with Crippen LogP contribution in [0.5, 0.6) is 5.75 Å². The molecule has 0 bridgehead atoms. The van der Waals surface area contributed by atoms with Gasteiger partial charge in [-0.2, -0.15) is 11.8 Å². The molecule has 0 spiro atoms. The van der Waals surface area contributed by atoms with Gasteiger partial charge in [-0.25, -0.2) is 0 Å². The first-order valence-electron chi connectivity index (χ1n) is 5.52. The average Bonchev–Trinajstić information content (AvgIpc) is 2.33. The van der Waals surface area contributed by atoms with Crippen LogP contribution in [0.1, 0.15) is 17.3 Å². The van der Waals surface area contributed by atoms with E-state index in [1.165, 1.54) is 30.0 Å². The van der Waals surface area contributed by atoms with Gasteiger partial charge in [0.1, 0.15) is 5.75 Å². The largest absolute Gasteiger partial charge is 0.508 e. The molecule has 5 N–H and O–H groups in total. The molecule has 0 saturated carbocycles. The van der Waals surface area contributed by atoms with Crippen LogP contribution in [-0.4, -0.2) is 40.3 Å². The molecule has 100 valence electrons. The third-order valence-corrected chi connectivity index (χ3v) is 3.84. The number of aliphatic hydroxyl groups excluding tert-OH is 1. The molecule has 0 fully saturated rings. The lowest BCUT2D eigenvalue weighted by Gasteiger charge is -2.21. The van der Waals surface area contributed by atoms with E-state index in [1.807, 2.05) is 13.2 Å². The highest BCUT2D eigenvalue weighted by molar-refractivity contribution is 7.99. The molecule has 18 heavy (non-hydrogen) atoms. The monoisotopic (exact) mass is 270 g/mol. The number of nitrogens with two attached hydrogens (primary N) is 1. The van der Waals surface area contributed by atoms with Gasteiger partial charge < -0.3 is 21.3 Å². The Labute approximate surface area is 110 Å². The second-order valence-corrected chi connectivity index (χ2v) is 5.07. The minimum Gasteiger partial charge on any atom is -0.508 e. The third kappa shape index (κ3) is 3.54. The van der Waals surface area contributed by atoms with Crippen molar-refractivity contribution < 1.29 is 15.0 Å². The molecular formula is C12H18N2O3S. The number of hydrogen-bond acceptors (Lipinski definition) is 5. The maximum Gasteiger partial charge on any atom is 0.253 e. The van der Waals surface area contributed by atoms with E-state index >= 15 is 0 Å². The minimum absolute atomic E-state index is 0.00872. The van der Waals surface area contributed by atoms with E-state index < -0.39 is 0 Å². The predicted octanol–water partition coefficient (Wildman–Crippen LogP) is 0.817. The van der Waals surface area contributed by atoms with Gasteiger partial charge in [-0.15, -0.1) is 0 Å². The van der Waals surface area contributed by atoms with Crippen molar-refractivity contribution in [1.82, 2.24) is 5.32 Å².